The van der Waals surface area contributed by atoms with Gasteiger partial charge in [-0.2, -0.15) is 13.2 Å². The molecule has 1 amide bonds. The first-order valence-corrected chi connectivity index (χ1v) is 5.31. The van der Waals surface area contributed by atoms with E-state index in [0.29, 0.717) is 6.07 Å². The van der Waals surface area contributed by atoms with Crippen molar-refractivity contribution in [2.24, 2.45) is 0 Å². The second kappa shape index (κ2) is 5.38. The lowest BCUT2D eigenvalue weighted by molar-refractivity contribution is -0.150. The van der Waals surface area contributed by atoms with Crippen LogP contribution >= 0.6 is 15.9 Å². The van der Waals surface area contributed by atoms with E-state index in [0.717, 1.165) is 19.2 Å². The summed E-state index contributed by atoms with van der Waals surface area (Å²) in [5, 5.41) is 2.01. The fourth-order valence-corrected chi connectivity index (χ4v) is 1.41. The van der Waals surface area contributed by atoms with Crippen molar-refractivity contribution in [3.05, 3.63) is 28.2 Å². The number of hydrogen-bond donors (Lipinski definition) is 1. The van der Waals surface area contributed by atoms with Crippen LogP contribution < -0.4 is 5.32 Å². The molecule has 0 aliphatic rings. The first-order valence-electron chi connectivity index (χ1n) is 4.51. The number of amides is 1. The third kappa shape index (κ3) is 3.46. The summed E-state index contributed by atoms with van der Waals surface area (Å²) in [6.45, 7) is 0. The SMILES string of the molecule is COC(=O)C(=O)Nc1cc(C(F)(F)F)ccc1Br. The van der Waals surface area contributed by atoms with Gasteiger partial charge in [0.05, 0.1) is 18.4 Å². The van der Waals surface area contributed by atoms with Gasteiger partial charge in [0, 0.05) is 4.47 Å². The number of halogens is 4. The van der Waals surface area contributed by atoms with Crippen LogP contribution in [-0.2, 0) is 20.5 Å². The molecule has 0 aliphatic carbocycles. The van der Waals surface area contributed by atoms with Gasteiger partial charge in [0.25, 0.3) is 0 Å². The summed E-state index contributed by atoms with van der Waals surface area (Å²) >= 11 is 2.96. The summed E-state index contributed by atoms with van der Waals surface area (Å²) in [6.07, 6.45) is -4.54. The number of benzene rings is 1. The Labute approximate surface area is 108 Å². The summed E-state index contributed by atoms with van der Waals surface area (Å²) in [5.74, 6) is -2.35. The lowest BCUT2D eigenvalue weighted by atomic mass is 10.2. The van der Waals surface area contributed by atoms with E-state index in [4.69, 9.17) is 0 Å². The van der Waals surface area contributed by atoms with Gasteiger partial charge in [-0.3, -0.25) is 4.79 Å². The molecule has 8 heteroatoms. The monoisotopic (exact) mass is 325 g/mol. The van der Waals surface area contributed by atoms with Crippen molar-refractivity contribution in [1.29, 1.82) is 0 Å². The Hall–Kier alpha value is -1.57. The Bertz CT molecular complexity index is 488. The number of nitrogens with one attached hydrogen (secondary N) is 1. The molecule has 1 rings (SSSR count). The van der Waals surface area contributed by atoms with Crippen LogP contribution in [0.3, 0.4) is 0 Å². The van der Waals surface area contributed by atoms with Crippen molar-refractivity contribution in [3.8, 4) is 0 Å². The lowest BCUT2D eigenvalue weighted by Gasteiger charge is -2.11. The Balaban J connectivity index is 3.02. The molecule has 1 aromatic carbocycles. The lowest BCUT2D eigenvalue weighted by Crippen LogP contribution is -2.24. The molecule has 0 spiro atoms. The minimum absolute atomic E-state index is 0.166. The Morgan fingerprint density at radius 3 is 2.44 bits per heavy atom. The maximum absolute atomic E-state index is 12.4. The topological polar surface area (TPSA) is 55.4 Å². The Kier molecular flexibility index (Phi) is 4.33. The average molecular weight is 326 g/mol. The molecule has 0 radical (unpaired) electrons. The number of anilines is 1. The van der Waals surface area contributed by atoms with Gasteiger partial charge < -0.3 is 10.1 Å². The van der Waals surface area contributed by atoms with E-state index >= 15 is 0 Å². The van der Waals surface area contributed by atoms with Gasteiger partial charge >= 0.3 is 18.1 Å². The van der Waals surface area contributed by atoms with Crippen molar-refractivity contribution >= 4 is 33.5 Å². The molecule has 0 unspecified atom stereocenters. The van der Waals surface area contributed by atoms with Gasteiger partial charge in [0.15, 0.2) is 0 Å². The number of carbonyl (C=O) groups excluding carboxylic acids is 2. The van der Waals surface area contributed by atoms with Crippen LogP contribution in [0.25, 0.3) is 0 Å². The van der Waals surface area contributed by atoms with Crippen molar-refractivity contribution in [2.75, 3.05) is 12.4 Å². The quantitative estimate of drug-likeness (QED) is 0.637. The fourth-order valence-electron chi connectivity index (χ4n) is 1.06. The normalized spacial score (nSPS) is 10.9. The van der Waals surface area contributed by atoms with E-state index in [1.165, 1.54) is 0 Å². The van der Waals surface area contributed by atoms with Crippen molar-refractivity contribution in [2.45, 2.75) is 6.18 Å². The molecule has 98 valence electrons. The van der Waals surface area contributed by atoms with Gasteiger partial charge in [0.2, 0.25) is 0 Å². The molecule has 0 bridgehead atoms. The van der Waals surface area contributed by atoms with E-state index in [-0.39, 0.29) is 10.2 Å². The second-order valence-electron chi connectivity index (χ2n) is 3.14. The second-order valence-corrected chi connectivity index (χ2v) is 3.99. The molecule has 0 saturated carbocycles. The Morgan fingerprint density at radius 1 is 1.33 bits per heavy atom. The van der Waals surface area contributed by atoms with E-state index < -0.39 is 23.6 Å². The van der Waals surface area contributed by atoms with Crippen LogP contribution in [0.4, 0.5) is 18.9 Å². The van der Waals surface area contributed by atoms with Crippen molar-refractivity contribution in [3.63, 3.8) is 0 Å². The van der Waals surface area contributed by atoms with Crippen molar-refractivity contribution in [1.82, 2.24) is 0 Å². The predicted octanol–water partition coefficient (Wildman–Crippen LogP) is 2.58. The summed E-state index contributed by atoms with van der Waals surface area (Å²) in [4.78, 5) is 22.0. The van der Waals surface area contributed by atoms with Gasteiger partial charge in [-0.05, 0) is 34.1 Å². The molecular formula is C10H7BrF3NO3. The van der Waals surface area contributed by atoms with Gasteiger partial charge in [-0.15, -0.1) is 0 Å². The Morgan fingerprint density at radius 2 is 1.94 bits per heavy atom. The van der Waals surface area contributed by atoms with Gasteiger partial charge in [-0.25, -0.2) is 4.79 Å². The number of methoxy groups -OCH3 is 1. The standard InChI is InChI=1S/C10H7BrF3NO3/c1-18-9(17)8(16)15-7-4-5(10(12,13)14)2-3-6(7)11/h2-4H,1H3,(H,15,16). The first kappa shape index (κ1) is 14.5. The zero-order valence-corrected chi connectivity index (χ0v) is 10.6. The predicted molar refractivity (Wildman–Crippen MR) is 59.8 cm³/mol. The van der Waals surface area contributed by atoms with Crippen molar-refractivity contribution < 1.29 is 27.5 Å². The molecule has 0 fully saturated rings. The summed E-state index contributed by atoms with van der Waals surface area (Å²) < 4.78 is 41.7. The molecule has 4 nitrogen and oxygen atoms in total. The average Bonchev–Trinajstić information content (AvgIpc) is 2.29. The highest BCUT2D eigenvalue weighted by Crippen LogP contribution is 2.33. The third-order valence-corrected chi connectivity index (χ3v) is 2.60. The minimum Gasteiger partial charge on any atom is -0.462 e. The highest BCUT2D eigenvalue weighted by atomic mass is 79.9. The fraction of sp³-hybridized carbons (Fsp3) is 0.200. The molecule has 1 N–H and O–H groups in total. The highest BCUT2D eigenvalue weighted by Gasteiger charge is 2.31. The summed E-state index contributed by atoms with van der Waals surface area (Å²) in [5.41, 5.74) is -1.11. The van der Waals surface area contributed by atoms with E-state index in [2.05, 4.69) is 20.7 Å². The molecule has 0 aliphatic heterocycles. The smallest absolute Gasteiger partial charge is 0.416 e. The van der Waals surface area contributed by atoms with Crippen LogP contribution in [0.15, 0.2) is 22.7 Å². The third-order valence-electron chi connectivity index (χ3n) is 1.91. The molecule has 18 heavy (non-hydrogen) atoms. The number of alkyl halides is 3. The number of carbonyl (C=O) groups is 2. The zero-order chi connectivity index (χ0) is 13.9. The molecule has 0 atom stereocenters. The molecular weight excluding hydrogens is 319 g/mol. The number of rotatable bonds is 1. The van der Waals surface area contributed by atoms with Crippen LogP contribution in [-0.4, -0.2) is 19.0 Å². The molecule has 0 heterocycles. The van der Waals surface area contributed by atoms with Crippen LogP contribution in [0.1, 0.15) is 5.56 Å². The summed E-state index contributed by atoms with van der Waals surface area (Å²) in [7, 11) is 0.989. The first-order chi connectivity index (χ1) is 8.25. The van der Waals surface area contributed by atoms with Gasteiger partial charge in [0.1, 0.15) is 0 Å². The number of hydrogen-bond acceptors (Lipinski definition) is 3. The van der Waals surface area contributed by atoms with Crippen LogP contribution in [0.5, 0.6) is 0 Å². The molecule has 1 aromatic rings. The molecule has 0 aromatic heterocycles. The maximum Gasteiger partial charge on any atom is 0.416 e. The van der Waals surface area contributed by atoms with Gasteiger partial charge in [-0.1, -0.05) is 0 Å². The zero-order valence-electron chi connectivity index (χ0n) is 8.97. The maximum atomic E-state index is 12.4. The molecule has 0 saturated heterocycles. The van der Waals surface area contributed by atoms with Crippen LogP contribution in [0.2, 0.25) is 0 Å². The van der Waals surface area contributed by atoms with E-state index in [1.54, 1.807) is 0 Å². The number of esters is 1. The van der Waals surface area contributed by atoms with Crippen LogP contribution in [0, 0.1) is 0 Å². The largest absolute Gasteiger partial charge is 0.462 e. The van der Waals surface area contributed by atoms with E-state index in [1.807, 2.05) is 5.32 Å². The number of ether oxygens (including phenoxy) is 1. The minimum atomic E-state index is -4.54. The summed E-state index contributed by atoms with van der Waals surface area (Å²) in [6, 6.07) is 2.68. The highest BCUT2D eigenvalue weighted by molar-refractivity contribution is 9.10. The van der Waals surface area contributed by atoms with E-state index in [9.17, 15) is 22.8 Å².